The van der Waals surface area contributed by atoms with Gasteiger partial charge in [-0.25, -0.2) is 5.90 Å². The molecule has 0 aromatic heterocycles. The van der Waals surface area contributed by atoms with E-state index >= 15 is 0 Å². The van der Waals surface area contributed by atoms with Gasteiger partial charge in [0.2, 0.25) is 0 Å². The first kappa shape index (κ1) is 10.2. The lowest BCUT2D eigenvalue weighted by Crippen LogP contribution is -2.03. The Morgan fingerprint density at radius 1 is 1.08 bits per heavy atom. The third kappa shape index (κ3) is 3.55. The maximum atomic E-state index is 8.69. The Balaban J connectivity index is 2.48. The first-order valence-electron chi connectivity index (χ1n) is 4.37. The summed E-state index contributed by atoms with van der Waals surface area (Å²) < 4.78 is 0. The van der Waals surface area contributed by atoms with Crippen LogP contribution in [-0.2, 0) is 17.7 Å². The van der Waals surface area contributed by atoms with Crippen LogP contribution in [0.1, 0.15) is 11.1 Å². The second-order valence-electron chi connectivity index (χ2n) is 2.91. The Morgan fingerprint density at radius 2 is 1.62 bits per heavy atom. The van der Waals surface area contributed by atoms with Crippen molar-refractivity contribution in [3.63, 3.8) is 0 Å². The van der Waals surface area contributed by atoms with E-state index in [4.69, 9.17) is 11.0 Å². The Kier molecular flexibility index (Phi) is 4.46. The molecule has 0 unspecified atom stereocenters. The van der Waals surface area contributed by atoms with Gasteiger partial charge < -0.3 is 9.94 Å². The second kappa shape index (κ2) is 5.70. The Morgan fingerprint density at radius 3 is 2.08 bits per heavy atom. The minimum absolute atomic E-state index is 0.200. The number of rotatable bonds is 5. The standard InChI is InChI=1S/C10H15NO2/c11-13-8-6-10-3-1-9(2-4-10)5-7-12/h1-4,12H,5-8,11H2. The van der Waals surface area contributed by atoms with E-state index < -0.39 is 0 Å². The lowest BCUT2D eigenvalue weighted by atomic mass is 10.1. The predicted molar refractivity (Wildman–Crippen MR) is 51.1 cm³/mol. The average molecular weight is 181 g/mol. The molecule has 0 amide bonds. The summed E-state index contributed by atoms with van der Waals surface area (Å²) in [6.45, 7) is 0.741. The van der Waals surface area contributed by atoms with E-state index in [2.05, 4.69) is 4.84 Å². The van der Waals surface area contributed by atoms with E-state index in [1.807, 2.05) is 24.3 Å². The second-order valence-corrected chi connectivity index (χ2v) is 2.91. The number of nitrogens with two attached hydrogens (primary N) is 1. The molecule has 0 saturated heterocycles. The molecule has 0 saturated carbocycles. The van der Waals surface area contributed by atoms with Crippen molar-refractivity contribution in [1.29, 1.82) is 0 Å². The van der Waals surface area contributed by atoms with E-state index in [0.29, 0.717) is 13.0 Å². The van der Waals surface area contributed by atoms with E-state index in [0.717, 1.165) is 12.0 Å². The average Bonchev–Trinajstić information content (AvgIpc) is 2.17. The summed E-state index contributed by atoms with van der Waals surface area (Å²) in [7, 11) is 0. The molecule has 1 aromatic rings. The zero-order valence-corrected chi connectivity index (χ0v) is 7.57. The zero-order chi connectivity index (χ0) is 9.52. The van der Waals surface area contributed by atoms with Crippen molar-refractivity contribution in [3.8, 4) is 0 Å². The Labute approximate surface area is 78.1 Å². The molecule has 0 fully saturated rings. The van der Waals surface area contributed by atoms with Gasteiger partial charge in [-0.05, 0) is 24.0 Å². The van der Waals surface area contributed by atoms with Crippen molar-refractivity contribution in [2.24, 2.45) is 5.90 Å². The molecular formula is C10H15NO2. The minimum Gasteiger partial charge on any atom is -0.396 e. The molecule has 0 bridgehead atoms. The largest absolute Gasteiger partial charge is 0.396 e. The van der Waals surface area contributed by atoms with Crippen molar-refractivity contribution >= 4 is 0 Å². The molecule has 1 aromatic carbocycles. The molecule has 3 N–H and O–H groups in total. The van der Waals surface area contributed by atoms with Gasteiger partial charge in [0.05, 0.1) is 6.61 Å². The first-order valence-corrected chi connectivity index (χ1v) is 4.37. The summed E-state index contributed by atoms with van der Waals surface area (Å²) >= 11 is 0. The number of aliphatic hydroxyl groups excluding tert-OH is 1. The third-order valence-corrected chi connectivity index (χ3v) is 1.93. The third-order valence-electron chi connectivity index (χ3n) is 1.93. The summed E-state index contributed by atoms with van der Waals surface area (Å²) in [5, 5.41) is 8.69. The lowest BCUT2D eigenvalue weighted by molar-refractivity contribution is 0.141. The van der Waals surface area contributed by atoms with Gasteiger partial charge in [0, 0.05) is 6.61 Å². The summed E-state index contributed by atoms with van der Waals surface area (Å²) in [5.74, 6) is 4.92. The van der Waals surface area contributed by atoms with E-state index in [1.165, 1.54) is 5.56 Å². The monoisotopic (exact) mass is 181 g/mol. The number of hydrogen-bond acceptors (Lipinski definition) is 3. The van der Waals surface area contributed by atoms with Crippen molar-refractivity contribution in [1.82, 2.24) is 0 Å². The van der Waals surface area contributed by atoms with Gasteiger partial charge in [-0.3, -0.25) is 0 Å². The molecule has 0 radical (unpaired) electrons. The fourth-order valence-corrected chi connectivity index (χ4v) is 1.18. The predicted octanol–water partition coefficient (Wildman–Crippen LogP) is 0.654. The van der Waals surface area contributed by atoms with Crippen LogP contribution in [0, 0.1) is 0 Å². The quantitative estimate of drug-likeness (QED) is 0.656. The lowest BCUT2D eigenvalue weighted by Gasteiger charge is -2.01. The van der Waals surface area contributed by atoms with Crippen molar-refractivity contribution in [3.05, 3.63) is 35.4 Å². The molecule has 0 aliphatic carbocycles. The summed E-state index contributed by atoms with van der Waals surface area (Å²) in [5.41, 5.74) is 2.35. The van der Waals surface area contributed by atoms with Gasteiger partial charge in [-0.2, -0.15) is 0 Å². The van der Waals surface area contributed by atoms with Crippen LogP contribution in [0.3, 0.4) is 0 Å². The van der Waals surface area contributed by atoms with Gasteiger partial charge >= 0.3 is 0 Å². The van der Waals surface area contributed by atoms with Gasteiger partial charge in [0.1, 0.15) is 0 Å². The maximum absolute atomic E-state index is 8.69. The SMILES string of the molecule is NOCCc1ccc(CCO)cc1. The molecule has 0 aliphatic rings. The smallest absolute Gasteiger partial charge is 0.0719 e. The van der Waals surface area contributed by atoms with E-state index in [1.54, 1.807) is 0 Å². The van der Waals surface area contributed by atoms with Crippen LogP contribution < -0.4 is 5.90 Å². The van der Waals surface area contributed by atoms with E-state index in [9.17, 15) is 0 Å². The maximum Gasteiger partial charge on any atom is 0.0719 e. The molecule has 0 spiro atoms. The molecular weight excluding hydrogens is 166 g/mol. The molecule has 72 valence electrons. The van der Waals surface area contributed by atoms with Crippen molar-refractivity contribution in [2.75, 3.05) is 13.2 Å². The highest BCUT2D eigenvalue weighted by atomic mass is 16.6. The van der Waals surface area contributed by atoms with Gasteiger partial charge in [-0.15, -0.1) is 0 Å². The Hall–Kier alpha value is -0.900. The summed E-state index contributed by atoms with van der Waals surface area (Å²) in [4.78, 5) is 4.48. The number of hydrogen-bond donors (Lipinski definition) is 2. The highest BCUT2D eigenvalue weighted by Crippen LogP contribution is 2.05. The topological polar surface area (TPSA) is 55.5 Å². The fourth-order valence-electron chi connectivity index (χ4n) is 1.18. The van der Waals surface area contributed by atoms with Crippen LogP contribution in [0.5, 0.6) is 0 Å². The van der Waals surface area contributed by atoms with Crippen LogP contribution in [0.25, 0.3) is 0 Å². The molecule has 3 nitrogen and oxygen atoms in total. The number of benzene rings is 1. The molecule has 3 heteroatoms. The van der Waals surface area contributed by atoms with Crippen LogP contribution >= 0.6 is 0 Å². The van der Waals surface area contributed by atoms with Gasteiger partial charge in [-0.1, -0.05) is 24.3 Å². The molecule has 0 aliphatic heterocycles. The van der Waals surface area contributed by atoms with Crippen molar-refractivity contribution in [2.45, 2.75) is 12.8 Å². The highest BCUT2D eigenvalue weighted by molar-refractivity contribution is 5.22. The highest BCUT2D eigenvalue weighted by Gasteiger charge is 1.94. The number of aliphatic hydroxyl groups is 1. The summed E-state index contributed by atoms with van der Waals surface area (Å²) in [6, 6.07) is 8.10. The van der Waals surface area contributed by atoms with Crippen LogP contribution in [0.15, 0.2) is 24.3 Å². The summed E-state index contributed by atoms with van der Waals surface area (Å²) in [6.07, 6.45) is 1.55. The zero-order valence-electron chi connectivity index (χ0n) is 7.57. The first-order chi connectivity index (χ1) is 6.36. The molecule has 0 atom stereocenters. The molecule has 1 rings (SSSR count). The van der Waals surface area contributed by atoms with Crippen molar-refractivity contribution < 1.29 is 9.94 Å². The normalized spacial score (nSPS) is 10.3. The van der Waals surface area contributed by atoms with Crippen LogP contribution in [-0.4, -0.2) is 18.3 Å². The van der Waals surface area contributed by atoms with Crippen LogP contribution in [0.2, 0.25) is 0 Å². The van der Waals surface area contributed by atoms with Crippen LogP contribution in [0.4, 0.5) is 0 Å². The minimum atomic E-state index is 0.200. The molecule has 13 heavy (non-hydrogen) atoms. The Bertz CT molecular complexity index is 233. The van der Waals surface area contributed by atoms with E-state index in [-0.39, 0.29) is 6.61 Å². The van der Waals surface area contributed by atoms with Gasteiger partial charge in [0.15, 0.2) is 0 Å². The fraction of sp³-hybridized carbons (Fsp3) is 0.400. The molecule has 0 heterocycles. The van der Waals surface area contributed by atoms with Gasteiger partial charge in [0.25, 0.3) is 0 Å².